The molecule has 0 saturated carbocycles. The molecule has 0 aliphatic heterocycles. The molecule has 5 nitrogen and oxygen atoms in total. The van der Waals surface area contributed by atoms with E-state index in [-0.39, 0.29) is 5.41 Å². The van der Waals surface area contributed by atoms with Crippen LogP contribution in [-0.2, 0) is 0 Å². The Kier molecular flexibility index (Phi) is 9.61. The molecule has 0 heterocycles. The van der Waals surface area contributed by atoms with Gasteiger partial charge in [-0.2, -0.15) is 0 Å². The van der Waals surface area contributed by atoms with E-state index in [2.05, 4.69) is 17.1 Å². The van der Waals surface area contributed by atoms with E-state index in [4.69, 9.17) is 16.0 Å². The normalized spacial score (nSPS) is 13.2. The van der Waals surface area contributed by atoms with Crippen LogP contribution in [0.1, 0.15) is 52.4 Å². The smallest absolute Gasteiger partial charge is 0.144 e. The maximum absolute atomic E-state index is 8.69. The quantitative estimate of drug-likeness (QED) is 0.177. The van der Waals surface area contributed by atoms with Crippen molar-refractivity contribution in [1.82, 2.24) is 4.90 Å². The molecule has 0 unspecified atom stereocenters. The van der Waals surface area contributed by atoms with Crippen molar-refractivity contribution in [3.05, 3.63) is 0 Å². The Hall–Kier alpha value is -0.810. The van der Waals surface area contributed by atoms with Gasteiger partial charge in [-0.3, -0.25) is 0 Å². The van der Waals surface area contributed by atoms with Gasteiger partial charge in [0.25, 0.3) is 0 Å². The van der Waals surface area contributed by atoms with Gasteiger partial charge in [0.05, 0.1) is 0 Å². The van der Waals surface area contributed by atoms with Gasteiger partial charge in [0.1, 0.15) is 5.84 Å². The lowest BCUT2D eigenvalue weighted by molar-refractivity contribution is 0.270. The molecule has 0 spiro atoms. The average molecular weight is 273 g/mol. The van der Waals surface area contributed by atoms with E-state index in [0.29, 0.717) is 12.4 Å². The van der Waals surface area contributed by atoms with E-state index in [0.717, 1.165) is 51.6 Å². The van der Waals surface area contributed by atoms with Crippen LogP contribution in [0.15, 0.2) is 5.16 Å². The van der Waals surface area contributed by atoms with Gasteiger partial charge < -0.3 is 20.9 Å². The molecule has 4 N–H and O–H groups in total. The van der Waals surface area contributed by atoms with Crippen LogP contribution >= 0.6 is 0 Å². The zero-order valence-electron chi connectivity index (χ0n) is 12.7. The molecular weight excluding hydrogens is 242 g/mol. The predicted octanol–water partition coefficient (Wildman–Crippen LogP) is 2.02. The minimum Gasteiger partial charge on any atom is -0.409 e. The molecule has 5 heteroatoms. The standard InChI is InChI=1S/C14H31N3O2/c1-14(2,13(15)16-19)9-5-7-11-17(3)10-6-4-8-12-18/h18-19H,4-12H2,1-3H3,(H2,15,16). The molecule has 0 saturated heterocycles. The fourth-order valence-electron chi connectivity index (χ4n) is 1.99. The minimum absolute atomic E-state index is 0.228. The SMILES string of the molecule is CN(CCCCCO)CCCCC(C)(C)C(N)=NO. The van der Waals surface area contributed by atoms with Crippen molar-refractivity contribution in [2.24, 2.45) is 16.3 Å². The third-order valence-corrected chi connectivity index (χ3v) is 3.59. The lowest BCUT2D eigenvalue weighted by Crippen LogP contribution is -2.32. The van der Waals surface area contributed by atoms with E-state index in [9.17, 15) is 0 Å². The number of rotatable bonds is 11. The molecule has 19 heavy (non-hydrogen) atoms. The van der Waals surface area contributed by atoms with Crippen molar-refractivity contribution in [1.29, 1.82) is 0 Å². The molecule has 0 aliphatic rings. The number of aliphatic hydroxyl groups excluding tert-OH is 1. The van der Waals surface area contributed by atoms with Gasteiger partial charge in [-0.05, 0) is 52.2 Å². The minimum atomic E-state index is -0.228. The Balaban J connectivity index is 3.63. The average Bonchev–Trinajstić information content (AvgIpc) is 2.38. The second-order valence-corrected chi connectivity index (χ2v) is 5.91. The first-order valence-electron chi connectivity index (χ1n) is 7.21. The van der Waals surface area contributed by atoms with Gasteiger partial charge in [-0.15, -0.1) is 0 Å². The zero-order valence-corrected chi connectivity index (χ0v) is 12.7. The Bertz CT molecular complexity index is 255. The molecule has 0 aromatic rings. The number of amidine groups is 1. The van der Waals surface area contributed by atoms with Gasteiger partial charge in [0, 0.05) is 12.0 Å². The van der Waals surface area contributed by atoms with E-state index in [1.165, 1.54) is 0 Å². The van der Waals surface area contributed by atoms with Crippen molar-refractivity contribution in [3.8, 4) is 0 Å². The van der Waals surface area contributed by atoms with E-state index < -0.39 is 0 Å². The van der Waals surface area contributed by atoms with Crippen molar-refractivity contribution < 1.29 is 10.3 Å². The highest BCUT2D eigenvalue weighted by molar-refractivity contribution is 5.85. The largest absolute Gasteiger partial charge is 0.409 e. The molecule has 0 radical (unpaired) electrons. The van der Waals surface area contributed by atoms with Crippen LogP contribution in [0.5, 0.6) is 0 Å². The lowest BCUT2D eigenvalue weighted by atomic mass is 9.86. The van der Waals surface area contributed by atoms with Crippen LogP contribution in [0.25, 0.3) is 0 Å². The molecule has 0 rings (SSSR count). The number of hydrogen-bond acceptors (Lipinski definition) is 4. The van der Waals surface area contributed by atoms with Crippen LogP contribution in [0.3, 0.4) is 0 Å². The van der Waals surface area contributed by atoms with Crippen LogP contribution < -0.4 is 5.73 Å². The topological polar surface area (TPSA) is 82.1 Å². The summed E-state index contributed by atoms with van der Waals surface area (Å²) in [6, 6.07) is 0. The van der Waals surface area contributed by atoms with Crippen molar-refractivity contribution in [3.63, 3.8) is 0 Å². The van der Waals surface area contributed by atoms with Crippen molar-refractivity contribution in [2.75, 3.05) is 26.7 Å². The summed E-state index contributed by atoms with van der Waals surface area (Å²) in [6.45, 7) is 6.46. The molecule has 0 amide bonds. The third-order valence-electron chi connectivity index (χ3n) is 3.59. The fraction of sp³-hybridized carbons (Fsp3) is 0.929. The Morgan fingerprint density at radius 1 is 1.11 bits per heavy atom. The number of nitrogens with two attached hydrogens (primary N) is 1. The first kappa shape index (κ1) is 18.2. The summed E-state index contributed by atoms with van der Waals surface area (Å²) in [7, 11) is 2.13. The van der Waals surface area contributed by atoms with E-state index >= 15 is 0 Å². The van der Waals surface area contributed by atoms with Crippen LogP contribution in [-0.4, -0.2) is 47.8 Å². The number of oxime groups is 1. The lowest BCUT2D eigenvalue weighted by Gasteiger charge is -2.23. The third kappa shape index (κ3) is 8.83. The van der Waals surface area contributed by atoms with Gasteiger partial charge in [-0.25, -0.2) is 0 Å². The van der Waals surface area contributed by atoms with E-state index in [1.54, 1.807) is 0 Å². The number of nitrogens with zero attached hydrogens (tertiary/aromatic N) is 2. The van der Waals surface area contributed by atoms with E-state index in [1.807, 2.05) is 13.8 Å². The van der Waals surface area contributed by atoms with Crippen LogP contribution in [0.4, 0.5) is 0 Å². The molecule has 114 valence electrons. The second-order valence-electron chi connectivity index (χ2n) is 5.91. The summed E-state index contributed by atoms with van der Waals surface area (Å²) >= 11 is 0. The maximum atomic E-state index is 8.69. The second kappa shape index (κ2) is 10.0. The van der Waals surface area contributed by atoms with Crippen molar-refractivity contribution >= 4 is 5.84 Å². The maximum Gasteiger partial charge on any atom is 0.144 e. The fourth-order valence-corrected chi connectivity index (χ4v) is 1.99. The number of unbranched alkanes of at least 4 members (excludes halogenated alkanes) is 3. The molecule has 0 aliphatic carbocycles. The van der Waals surface area contributed by atoms with Crippen LogP contribution in [0.2, 0.25) is 0 Å². The Morgan fingerprint density at radius 2 is 1.68 bits per heavy atom. The highest BCUT2D eigenvalue weighted by Crippen LogP contribution is 2.23. The van der Waals surface area contributed by atoms with Gasteiger partial charge in [0.15, 0.2) is 0 Å². The molecule has 0 fully saturated rings. The summed E-state index contributed by atoms with van der Waals surface area (Å²) in [4.78, 5) is 2.33. The predicted molar refractivity (Wildman–Crippen MR) is 79.5 cm³/mol. The monoisotopic (exact) mass is 273 g/mol. The first-order valence-corrected chi connectivity index (χ1v) is 7.21. The Morgan fingerprint density at radius 3 is 2.21 bits per heavy atom. The first-order chi connectivity index (χ1) is 8.94. The van der Waals surface area contributed by atoms with Gasteiger partial charge in [0.2, 0.25) is 0 Å². The summed E-state index contributed by atoms with van der Waals surface area (Å²) < 4.78 is 0. The summed E-state index contributed by atoms with van der Waals surface area (Å²) in [5, 5.41) is 20.5. The van der Waals surface area contributed by atoms with Gasteiger partial charge >= 0.3 is 0 Å². The molecule has 0 aromatic carbocycles. The van der Waals surface area contributed by atoms with Crippen LogP contribution in [0, 0.1) is 5.41 Å². The van der Waals surface area contributed by atoms with Gasteiger partial charge in [-0.1, -0.05) is 25.4 Å². The molecule has 0 atom stereocenters. The molecular formula is C14H31N3O2. The zero-order chi connectivity index (χ0) is 14.7. The summed E-state index contributed by atoms with van der Waals surface area (Å²) in [5.74, 6) is 0.310. The van der Waals surface area contributed by atoms with Crippen molar-refractivity contribution in [2.45, 2.75) is 52.4 Å². The summed E-state index contributed by atoms with van der Waals surface area (Å²) in [5.41, 5.74) is 5.43. The molecule has 0 aromatic heterocycles. The molecule has 0 bridgehead atoms. The number of aliphatic hydroxyl groups is 1. The highest BCUT2D eigenvalue weighted by Gasteiger charge is 2.22. The Labute approximate surface area is 117 Å². The number of hydrogen-bond donors (Lipinski definition) is 3. The highest BCUT2D eigenvalue weighted by atomic mass is 16.4. The summed E-state index contributed by atoms with van der Waals surface area (Å²) in [6.07, 6.45) is 6.27.